The Morgan fingerprint density at radius 3 is 2.81 bits per heavy atom. The molecule has 0 radical (unpaired) electrons. The minimum atomic E-state index is -3.63. The summed E-state index contributed by atoms with van der Waals surface area (Å²) in [4.78, 5) is 4.00. The monoisotopic (exact) mass is 309 g/mol. The molecule has 0 saturated carbocycles. The van der Waals surface area contributed by atoms with E-state index in [1.165, 1.54) is 18.6 Å². The van der Waals surface area contributed by atoms with Gasteiger partial charge in [0.15, 0.2) is 0 Å². The smallest absolute Gasteiger partial charge is 0.265 e. The number of rotatable bonds is 7. The average molecular weight is 309 g/mol. The summed E-state index contributed by atoms with van der Waals surface area (Å²) in [6.45, 7) is 5.45. The van der Waals surface area contributed by atoms with Gasteiger partial charge >= 0.3 is 0 Å². The van der Waals surface area contributed by atoms with Crippen molar-refractivity contribution in [1.29, 1.82) is 0 Å². The maximum atomic E-state index is 12.2. The van der Waals surface area contributed by atoms with Crippen LogP contribution in [0.2, 0.25) is 0 Å². The van der Waals surface area contributed by atoms with Crippen molar-refractivity contribution in [3.05, 3.63) is 36.9 Å². The highest BCUT2D eigenvalue weighted by molar-refractivity contribution is 7.92. The van der Waals surface area contributed by atoms with Crippen LogP contribution in [-0.2, 0) is 16.6 Å². The van der Waals surface area contributed by atoms with Crippen molar-refractivity contribution in [3.8, 4) is 0 Å². The summed E-state index contributed by atoms with van der Waals surface area (Å²) in [5, 5.41) is 7.31. The Hall–Kier alpha value is -1.93. The van der Waals surface area contributed by atoms with Gasteiger partial charge in [-0.15, -0.1) is 0 Å². The lowest BCUT2D eigenvalue weighted by Crippen LogP contribution is -2.26. The van der Waals surface area contributed by atoms with Crippen molar-refractivity contribution < 1.29 is 8.42 Å². The lowest BCUT2D eigenvalue weighted by atomic mass is 10.4. The molecule has 2 rings (SSSR count). The van der Waals surface area contributed by atoms with E-state index in [2.05, 4.69) is 34.0 Å². The van der Waals surface area contributed by atoms with Crippen LogP contribution in [-0.4, -0.2) is 35.8 Å². The fourth-order valence-electron chi connectivity index (χ4n) is 1.71. The molecule has 0 aromatic carbocycles. The summed E-state index contributed by atoms with van der Waals surface area (Å²) in [7, 11) is -3.63. The SMILES string of the molecule is CC(C)NCCn1cc(S(=O)(=O)Nc2cccnc2)cn1. The van der Waals surface area contributed by atoms with Crippen LogP contribution in [0.5, 0.6) is 0 Å². The molecular formula is C13H19N5O2S. The van der Waals surface area contributed by atoms with E-state index in [-0.39, 0.29) is 4.90 Å². The van der Waals surface area contributed by atoms with Gasteiger partial charge in [-0.05, 0) is 12.1 Å². The van der Waals surface area contributed by atoms with E-state index in [4.69, 9.17) is 0 Å². The normalized spacial score (nSPS) is 11.8. The van der Waals surface area contributed by atoms with Crippen molar-refractivity contribution in [2.24, 2.45) is 0 Å². The quantitative estimate of drug-likeness (QED) is 0.799. The molecule has 0 unspecified atom stereocenters. The van der Waals surface area contributed by atoms with Gasteiger partial charge in [-0.1, -0.05) is 13.8 Å². The van der Waals surface area contributed by atoms with Crippen molar-refractivity contribution in [1.82, 2.24) is 20.1 Å². The van der Waals surface area contributed by atoms with Crippen LogP contribution in [0.15, 0.2) is 41.8 Å². The van der Waals surface area contributed by atoms with Crippen LogP contribution in [0, 0.1) is 0 Å². The number of sulfonamides is 1. The maximum absolute atomic E-state index is 12.2. The highest BCUT2D eigenvalue weighted by atomic mass is 32.2. The van der Waals surface area contributed by atoms with E-state index in [1.54, 1.807) is 23.0 Å². The van der Waals surface area contributed by atoms with Crippen LogP contribution in [0.1, 0.15) is 13.8 Å². The third-order valence-corrected chi connectivity index (χ3v) is 4.06. The predicted octanol–water partition coefficient (Wildman–Crippen LogP) is 1.08. The van der Waals surface area contributed by atoms with Gasteiger partial charge in [0.05, 0.1) is 24.6 Å². The molecule has 0 aliphatic carbocycles. The minimum Gasteiger partial charge on any atom is -0.313 e. The Morgan fingerprint density at radius 1 is 1.33 bits per heavy atom. The predicted molar refractivity (Wildman–Crippen MR) is 80.4 cm³/mol. The summed E-state index contributed by atoms with van der Waals surface area (Å²) in [5.74, 6) is 0. The molecule has 0 amide bonds. The topological polar surface area (TPSA) is 88.9 Å². The molecule has 2 aromatic rings. The summed E-state index contributed by atoms with van der Waals surface area (Å²) in [6, 6.07) is 3.69. The summed E-state index contributed by atoms with van der Waals surface area (Å²) in [5.41, 5.74) is 0.423. The Labute approximate surface area is 124 Å². The maximum Gasteiger partial charge on any atom is 0.265 e. The van der Waals surface area contributed by atoms with E-state index in [9.17, 15) is 8.42 Å². The first-order valence-electron chi connectivity index (χ1n) is 6.66. The molecule has 8 heteroatoms. The molecule has 0 fully saturated rings. The van der Waals surface area contributed by atoms with Crippen LogP contribution in [0.25, 0.3) is 0 Å². The van der Waals surface area contributed by atoms with Crippen molar-refractivity contribution in [2.75, 3.05) is 11.3 Å². The molecule has 0 bridgehead atoms. The highest BCUT2D eigenvalue weighted by Gasteiger charge is 2.16. The Balaban J connectivity index is 2.02. The Kier molecular flexibility index (Phi) is 4.92. The lowest BCUT2D eigenvalue weighted by molar-refractivity contribution is 0.515. The fourth-order valence-corrected chi connectivity index (χ4v) is 2.71. The van der Waals surface area contributed by atoms with Gasteiger partial charge in [-0.2, -0.15) is 5.10 Å². The zero-order valence-corrected chi connectivity index (χ0v) is 12.8. The fraction of sp³-hybridized carbons (Fsp3) is 0.385. The number of aromatic nitrogens is 3. The van der Waals surface area contributed by atoms with Crippen LogP contribution < -0.4 is 10.0 Å². The van der Waals surface area contributed by atoms with E-state index in [1.807, 2.05) is 0 Å². The molecule has 2 N–H and O–H groups in total. The van der Waals surface area contributed by atoms with Gasteiger partial charge < -0.3 is 5.32 Å². The first kappa shape index (κ1) is 15.5. The molecule has 2 heterocycles. The average Bonchev–Trinajstić information content (AvgIpc) is 2.88. The van der Waals surface area contributed by atoms with Crippen molar-refractivity contribution in [2.45, 2.75) is 31.3 Å². The molecule has 0 spiro atoms. The number of pyridine rings is 1. The third kappa shape index (κ3) is 4.54. The summed E-state index contributed by atoms with van der Waals surface area (Å²) >= 11 is 0. The van der Waals surface area contributed by atoms with Gasteiger partial charge in [0, 0.05) is 25.0 Å². The molecule has 21 heavy (non-hydrogen) atoms. The van der Waals surface area contributed by atoms with E-state index in [0.717, 1.165) is 6.54 Å². The second-order valence-electron chi connectivity index (χ2n) is 4.90. The van der Waals surface area contributed by atoms with Gasteiger partial charge in [0.1, 0.15) is 4.90 Å². The molecular weight excluding hydrogens is 290 g/mol. The Bertz CT molecular complexity index is 667. The second kappa shape index (κ2) is 6.68. The van der Waals surface area contributed by atoms with E-state index in [0.29, 0.717) is 18.3 Å². The highest BCUT2D eigenvalue weighted by Crippen LogP contribution is 2.13. The summed E-state index contributed by atoms with van der Waals surface area (Å²) < 4.78 is 28.4. The second-order valence-corrected chi connectivity index (χ2v) is 6.58. The zero-order valence-electron chi connectivity index (χ0n) is 12.0. The molecule has 2 aromatic heterocycles. The lowest BCUT2D eigenvalue weighted by Gasteiger charge is -2.07. The van der Waals surface area contributed by atoms with Gasteiger partial charge in [0.2, 0.25) is 0 Å². The van der Waals surface area contributed by atoms with Crippen LogP contribution in [0.4, 0.5) is 5.69 Å². The molecule has 0 aliphatic heterocycles. The largest absolute Gasteiger partial charge is 0.313 e. The van der Waals surface area contributed by atoms with Gasteiger partial charge in [-0.3, -0.25) is 14.4 Å². The van der Waals surface area contributed by atoms with Crippen LogP contribution in [0.3, 0.4) is 0 Å². The standard InChI is InChI=1S/C13H19N5O2S/c1-11(2)15-6-7-18-10-13(9-16-18)21(19,20)17-12-4-3-5-14-8-12/h3-5,8-11,15,17H,6-7H2,1-2H3. The van der Waals surface area contributed by atoms with Gasteiger partial charge in [0.25, 0.3) is 10.0 Å². The first-order chi connectivity index (χ1) is 9.97. The number of nitrogens with zero attached hydrogens (tertiary/aromatic N) is 3. The number of hydrogen-bond donors (Lipinski definition) is 2. The molecule has 0 saturated heterocycles. The molecule has 0 atom stereocenters. The molecule has 0 aliphatic rings. The van der Waals surface area contributed by atoms with E-state index < -0.39 is 10.0 Å². The number of hydrogen-bond acceptors (Lipinski definition) is 5. The van der Waals surface area contributed by atoms with Crippen molar-refractivity contribution >= 4 is 15.7 Å². The number of nitrogens with one attached hydrogen (secondary N) is 2. The third-order valence-electron chi connectivity index (χ3n) is 2.73. The molecule has 7 nitrogen and oxygen atoms in total. The summed E-state index contributed by atoms with van der Waals surface area (Å²) in [6.07, 6.45) is 5.89. The number of anilines is 1. The van der Waals surface area contributed by atoms with Gasteiger partial charge in [-0.25, -0.2) is 8.42 Å². The molecule has 114 valence electrons. The minimum absolute atomic E-state index is 0.135. The van der Waals surface area contributed by atoms with E-state index >= 15 is 0 Å². The van der Waals surface area contributed by atoms with Crippen molar-refractivity contribution in [3.63, 3.8) is 0 Å². The first-order valence-corrected chi connectivity index (χ1v) is 8.14. The Morgan fingerprint density at radius 2 is 2.14 bits per heavy atom. The zero-order chi connectivity index (χ0) is 15.3. The van der Waals surface area contributed by atoms with Crippen LogP contribution >= 0.6 is 0 Å².